The lowest BCUT2D eigenvalue weighted by Crippen LogP contribution is -2.33. The van der Waals surface area contributed by atoms with E-state index in [2.05, 4.69) is 5.10 Å². The van der Waals surface area contributed by atoms with Gasteiger partial charge in [0.15, 0.2) is 6.29 Å². The molecule has 0 radical (unpaired) electrons. The van der Waals surface area contributed by atoms with Crippen LogP contribution in [0.15, 0.2) is 36.5 Å². The number of ether oxygens (including phenoxy) is 2. The Morgan fingerprint density at radius 3 is 2.76 bits per heavy atom. The summed E-state index contributed by atoms with van der Waals surface area (Å²) in [5.41, 5.74) is 2.31. The molecule has 2 N–H and O–H groups in total. The molecule has 2 aromatic rings. The number of rotatable bonds is 4. The number of hydrogen-bond donors (Lipinski definition) is 2. The van der Waals surface area contributed by atoms with Crippen molar-refractivity contribution in [2.45, 2.75) is 25.0 Å². The molecule has 0 fully saturated rings. The minimum Gasteiger partial charge on any atom is -0.394 e. The van der Waals surface area contributed by atoms with E-state index < -0.39 is 18.5 Å². The molecule has 3 rings (SSSR count). The Kier molecular flexibility index (Phi) is 4.03. The van der Waals surface area contributed by atoms with Crippen LogP contribution >= 0.6 is 0 Å². The number of nitrogens with zero attached hydrogens (tertiary/aromatic N) is 2. The summed E-state index contributed by atoms with van der Waals surface area (Å²) in [4.78, 5) is 0. The van der Waals surface area contributed by atoms with Gasteiger partial charge in [0, 0.05) is 13.3 Å². The first-order valence-corrected chi connectivity index (χ1v) is 6.81. The quantitative estimate of drug-likeness (QED) is 0.878. The Bertz CT molecular complexity index is 599. The molecule has 1 aromatic heterocycles. The number of methoxy groups -OCH3 is 1. The van der Waals surface area contributed by atoms with E-state index in [4.69, 9.17) is 9.47 Å². The van der Waals surface area contributed by atoms with Crippen LogP contribution in [0.25, 0.3) is 0 Å². The van der Waals surface area contributed by atoms with E-state index in [0.29, 0.717) is 17.8 Å². The second-order valence-corrected chi connectivity index (χ2v) is 5.02. The maximum atomic E-state index is 10.2. The van der Waals surface area contributed by atoms with Crippen LogP contribution in [0, 0.1) is 0 Å². The summed E-state index contributed by atoms with van der Waals surface area (Å²) in [5, 5.41) is 23.9. The van der Waals surface area contributed by atoms with Gasteiger partial charge >= 0.3 is 0 Å². The third-order valence-electron chi connectivity index (χ3n) is 3.59. The highest BCUT2D eigenvalue weighted by atomic mass is 16.7. The molecule has 0 spiro atoms. The van der Waals surface area contributed by atoms with Crippen molar-refractivity contribution in [1.82, 2.24) is 9.78 Å². The minimum absolute atomic E-state index is 0.286. The predicted octanol–water partition coefficient (Wildman–Crippen LogP) is 1.00. The van der Waals surface area contributed by atoms with Crippen LogP contribution < -0.4 is 0 Å². The topological polar surface area (TPSA) is 76.7 Å². The largest absolute Gasteiger partial charge is 0.394 e. The van der Waals surface area contributed by atoms with Crippen molar-refractivity contribution in [3.05, 3.63) is 53.3 Å². The van der Waals surface area contributed by atoms with Crippen molar-refractivity contribution in [2.75, 3.05) is 13.7 Å². The van der Waals surface area contributed by atoms with Crippen molar-refractivity contribution in [1.29, 1.82) is 0 Å². The van der Waals surface area contributed by atoms with E-state index in [1.165, 1.54) is 7.11 Å². The smallest absolute Gasteiger partial charge is 0.187 e. The number of aromatic nitrogens is 2. The van der Waals surface area contributed by atoms with Gasteiger partial charge in [-0.1, -0.05) is 30.3 Å². The highest BCUT2D eigenvalue weighted by Crippen LogP contribution is 2.36. The molecule has 112 valence electrons. The van der Waals surface area contributed by atoms with Gasteiger partial charge in [0.05, 0.1) is 18.7 Å². The lowest BCUT2D eigenvalue weighted by molar-refractivity contribution is -0.208. The molecule has 2 heterocycles. The van der Waals surface area contributed by atoms with Gasteiger partial charge in [-0.25, -0.2) is 0 Å². The van der Waals surface area contributed by atoms with Crippen molar-refractivity contribution in [3.63, 3.8) is 0 Å². The first kappa shape index (κ1) is 14.2. The third kappa shape index (κ3) is 2.71. The van der Waals surface area contributed by atoms with Gasteiger partial charge in [0.1, 0.15) is 17.9 Å². The van der Waals surface area contributed by atoms with E-state index in [0.717, 1.165) is 5.56 Å². The Balaban J connectivity index is 1.90. The Morgan fingerprint density at radius 1 is 1.33 bits per heavy atom. The average Bonchev–Trinajstić information content (AvgIpc) is 2.93. The molecule has 3 atom stereocenters. The fraction of sp³-hybridized carbons (Fsp3) is 0.400. The average molecular weight is 290 g/mol. The third-order valence-corrected chi connectivity index (χ3v) is 3.59. The van der Waals surface area contributed by atoms with E-state index in [9.17, 15) is 10.2 Å². The van der Waals surface area contributed by atoms with Crippen LogP contribution in [0.4, 0.5) is 0 Å². The predicted molar refractivity (Wildman–Crippen MR) is 74.4 cm³/mol. The van der Waals surface area contributed by atoms with Crippen LogP contribution in [-0.2, 0) is 16.0 Å². The van der Waals surface area contributed by atoms with E-state index in [-0.39, 0.29) is 6.61 Å². The summed E-state index contributed by atoms with van der Waals surface area (Å²) in [7, 11) is 1.52. The molecular weight excluding hydrogens is 272 g/mol. The molecule has 1 aromatic carbocycles. The fourth-order valence-electron chi connectivity index (χ4n) is 2.52. The zero-order valence-electron chi connectivity index (χ0n) is 11.7. The summed E-state index contributed by atoms with van der Waals surface area (Å²) in [6, 6.07) is 9.92. The second kappa shape index (κ2) is 5.95. The number of aliphatic hydroxyl groups excluding tert-OH is 2. The summed E-state index contributed by atoms with van der Waals surface area (Å²) in [6.07, 6.45) is -0.478. The van der Waals surface area contributed by atoms with E-state index >= 15 is 0 Å². The van der Waals surface area contributed by atoms with Crippen LogP contribution in [-0.4, -0.2) is 39.8 Å². The van der Waals surface area contributed by atoms with Crippen molar-refractivity contribution in [3.8, 4) is 0 Å². The van der Waals surface area contributed by atoms with Crippen LogP contribution in [0.2, 0.25) is 0 Å². The monoisotopic (exact) mass is 290 g/mol. The number of benzene rings is 1. The van der Waals surface area contributed by atoms with Crippen LogP contribution in [0.5, 0.6) is 0 Å². The van der Waals surface area contributed by atoms with E-state index in [1.807, 2.05) is 36.5 Å². The van der Waals surface area contributed by atoms with Gasteiger partial charge in [0.2, 0.25) is 0 Å². The van der Waals surface area contributed by atoms with Crippen molar-refractivity contribution < 1.29 is 19.7 Å². The number of hydrogen-bond acceptors (Lipinski definition) is 5. The molecule has 1 aliphatic rings. The maximum absolute atomic E-state index is 10.2. The maximum Gasteiger partial charge on any atom is 0.187 e. The molecule has 0 saturated carbocycles. The number of fused-ring (bicyclic) bond motifs is 1. The molecule has 21 heavy (non-hydrogen) atoms. The van der Waals surface area contributed by atoms with Crippen LogP contribution in [0.1, 0.15) is 29.2 Å². The molecular formula is C15H18N2O4. The molecule has 0 unspecified atom stereocenters. The molecule has 0 bridgehead atoms. The molecule has 6 nitrogen and oxygen atoms in total. The standard InChI is InChI=1S/C15H18N2O4/c1-20-15-11-8-17(7-10-5-3-2-4-6-10)16-13(11)14(19)12(9-18)21-15/h2-6,8,12,14-15,18-19H,7,9H2,1H3/t12-,14-,15+/m1/s1. The van der Waals surface area contributed by atoms with Crippen molar-refractivity contribution in [2.24, 2.45) is 0 Å². The minimum atomic E-state index is -0.951. The highest BCUT2D eigenvalue weighted by molar-refractivity contribution is 5.25. The van der Waals surface area contributed by atoms with Gasteiger partial charge in [-0.3, -0.25) is 4.68 Å². The molecule has 0 aliphatic carbocycles. The lowest BCUT2D eigenvalue weighted by Gasteiger charge is -2.30. The molecule has 6 heteroatoms. The van der Waals surface area contributed by atoms with Gasteiger partial charge in [-0.15, -0.1) is 0 Å². The molecule has 0 saturated heterocycles. The summed E-state index contributed by atoms with van der Waals surface area (Å²) >= 11 is 0. The van der Waals surface area contributed by atoms with Gasteiger partial charge in [-0.05, 0) is 5.56 Å². The van der Waals surface area contributed by atoms with Crippen molar-refractivity contribution >= 4 is 0 Å². The fourth-order valence-corrected chi connectivity index (χ4v) is 2.52. The summed E-state index contributed by atoms with van der Waals surface area (Å²) < 4.78 is 12.5. The Morgan fingerprint density at radius 2 is 2.10 bits per heavy atom. The highest BCUT2D eigenvalue weighted by Gasteiger charge is 2.37. The number of aliphatic hydroxyl groups is 2. The van der Waals surface area contributed by atoms with Gasteiger partial charge in [-0.2, -0.15) is 5.10 Å². The normalized spacial score (nSPS) is 24.8. The van der Waals surface area contributed by atoms with Crippen LogP contribution in [0.3, 0.4) is 0 Å². The molecule has 0 amide bonds. The van der Waals surface area contributed by atoms with Gasteiger partial charge < -0.3 is 19.7 Å². The zero-order valence-corrected chi connectivity index (χ0v) is 11.7. The second-order valence-electron chi connectivity index (χ2n) is 5.02. The first-order valence-electron chi connectivity index (χ1n) is 6.81. The molecule has 1 aliphatic heterocycles. The lowest BCUT2D eigenvalue weighted by atomic mass is 10.0. The summed E-state index contributed by atoms with van der Waals surface area (Å²) in [6.45, 7) is 0.312. The van der Waals surface area contributed by atoms with E-state index in [1.54, 1.807) is 4.68 Å². The zero-order chi connectivity index (χ0) is 14.8. The SMILES string of the molecule is CO[C@H]1O[C@H](CO)[C@@H](O)c2nn(Cc3ccccc3)cc21. The Hall–Kier alpha value is -1.73. The van der Waals surface area contributed by atoms with Gasteiger partial charge in [0.25, 0.3) is 0 Å². The summed E-state index contributed by atoms with van der Waals surface area (Å²) in [5.74, 6) is 0. The Labute approximate surface area is 122 Å². The first-order chi connectivity index (χ1) is 10.2.